The SMILES string of the molecule is COC1CCCN(Cc2ccc(OCC(=O)NC(C)(C)C)cc2)C1. The Morgan fingerprint density at radius 3 is 2.62 bits per heavy atom. The van der Waals surface area contributed by atoms with E-state index in [0.717, 1.165) is 31.8 Å². The van der Waals surface area contributed by atoms with Crippen molar-refractivity contribution < 1.29 is 14.3 Å². The highest BCUT2D eigenvalue weighted by molar-refractivity contribution is 5.78. The summed E-state index contributed by atoms with van der Waals surface area (Å²) in [7, 11) is 1.79. The molecule has 1 aliphatic rings. The number of hydrogen-bond acceptors (Lipinski definition) is 4. The van der Waals surface area contributed by atoms with Gasteiger partial charge in [-0.15, -0.1) is 0 Å². The number of benzene rings is 1. The standard InChI is InChI=1S/C19H30N2O3/c1-19(2,3)20-18(22)14-24-16-9-7-15(8-10-16)12-21-11-5-6-17(13-21)23-4/h7-10,17H,5-6,11-14H2,1-4H3,(H,20,22). The number of nitrogens with one attached hydrogen (secondary N) is 1. The van der Waals surface area contributed by atoms with Gasteiger partial charge in [-0.05, 0) is 57.9 Å². The summed E-state index contributed by atoms with van der Waals surface area (Å²) in [4.78, 5) is 14.2. The van der Waals surface area contributed by atoms with E-state index < -0.39 is 0 Å². The van der Waals surface area contributed by atoms with Crippen molar-refractivity contribution in [1.29, 1.82) is 0 Å². The second-order valence-corrected chi connectivity index (χ2v) is 7.47. The summed E-state index contributed by atoms with van der Waals surface area (Å²) in [6.45, 7) is 8.92. The fraction of sp³-hybridized carbons (Fsp3) is 0.632. The molecule has 0 spiro atoms. The summed E-state index contributed by atoms with van der Waals surface area (Å²) in [5.41, 5.74) is 1.01. The van der Waals surface area contributed by atoms with Gasteiger partial charge >= 0.3 is 0 Å². The normalized spacial score (nSPS) is 19.1. The second-order valence-electron chi connectivity index (χ2n) is 7.47. The summed E-state index contributed by atoms with van der Waals surface area (Å²) in [5.74, 6) is 0.613. The number of amides is 1. The maximum Gasteiger partial charge on any atom is 0.258 e. The van der Waals surface area contributed by atoms with Crippen LogP contribution in [-0.4, -0.2) is 49.3 Å². The van der Waals surface area contributed by atoms with Crippen LogP contribution in [0.5, 0.6) is 5.75 Å². The maximum atomic E-state index is 11.8. The van der Waals surface area contributed by atoms with Crippen molar-refractivity contribution in [2.24, 2.45) is 0 Å². The zero-order valence-corrected chi connectivity index (χ0v) is 15.3. The van der Waals surface area contributed by atoms with E-state index in [1.807, 2.05) is 32.9 Å². The summed E-state index contributed by atoms with van der Waals surface area (Å²) in [6, 6.07) is 7.98. The molecule has 1 heterocycles. The summed E-state index contributed by atoms with van der Waals surface area (Å²) in [6.07, 6.45) is 2.68. The Morgan fingerprint density at radius 1 is 1.29 bits per heavy atom. The highest BCUT2D eigenvalue weighted by atomic mass is 16.5. The number of ether oxygens (including phenoxy) is 2. The number of methoxy groups -OCH3 is 1. The van der Waals surface area contributed by atoms with Gasteiger partial charge < -0.3 is 14.8 Å². The van der Waals surface area contributed by atoms with Gasteiger partial charge in [0.25, 0.3) is 5.91 Å². The number of carbonyl (C=O) groups is 1. The van der Waals surface area contributed by atoms with Crippen molar-refractivity contribution in [2.45, 2.75) is 51.8 Å². The largest absolute Gasteiger partial charge is 0.484 e. The predicted molar refractivity (Wildman–Crippen MR) is 95.1 cm³/mol. The van der Waals surface area contributed by atoms with Gasteiger partial charge in [-0.2, -0.15) is 0 Å². The van der Waals surface area contributed by atoms with E-state index in [0.29, 0.717) is 6.10 Å². The Hall–Kier alpha value is -1.59. The maximum absolute atomic E-state index is 11.8. The molecular weight excluding hydrogens is 304 g/mol. The van der Waals surface area contributed by atoms with Gasteiger partial charge in [0.15, 0.2) is 6.61 Å². The van der Waals surface area contributed by atoms with Gasteiger partial charge in [-0.25, -0.2) is 0 Å². The molecule has 134 valence electrons. The van der Waals surface area contributed by atoms with Crippen molar-refractivity contribution in [3.63, 3.8) is 0 Å². The van der Waals surface area contributed by atoms with Gasteiger partial charge in [-0.1, -0.05) is 12.1 Å². The molecule has 1 aromatic rings. The summed E-state index contributed by atoms with van der Waals surface area (Å²) in [5, 5.41) is 2.88. The highest BCUT2D eigenvalue weighted by Gasteiger charge is 2.19. The van der Waals surface area contributed by atoms with E-state index >= 15 is 0 Å². The van der Waals surface area contributed by atoms with Gasteiger partial charge in [0.1, 0.15) is 5.75 Å². The molecule has 2 rings (SSSR count). The Balaban J connectivity index is 1.79. The first-order chi connectivity index (χ1) is 11.4. The van der Waals surface area contributed by atoms with E-state index in [9.17, 15) is 4.79 Å². The molecule has 1 atom stereocenters. The minimum atomic E-state index is -0.237. The Labute approximate surface area is 145 Å². The number of nitrogens with zero attached hydrogens (tertiary/aromatic N) is 1. The Bertz CT molecular complexity index is 522. The topological polar surface area (TPSA) is 50.8 Å². The van der Waals surface area contributed by atoms with Crippen LogP contribution in [0.25, 0.3) is 0 Å². The first kappa shape index (κ1) is 18.7. The highest BCUT2D eigenvalue weighted by Crippen LogP contribution is 2.18. The number of rotatable bonds is 6. The molecule has 1 fully saturated rings. The summed E-state index contributed by atoms with van der Waals surface area (Å²) < 4.78 is 11.0. The van der Waals surface area contributed by atoms with Crippen LogP contribution < -0.4 is 10.1 Å². The molecule has 0 aromatic heterocycles. The van der Waals surface area contributed by atoms with E-state index in [1.165, 1.54) is 12.0 Å². The predicted octanol–water partition coefficient (Wildman–Crippen LogP) is 2.59. The van der Waals surface area contributed by atoms with E-state index in [2.05, 4.69) is 22.3 Å². The zero-order chi connectivity index (χ0) is 17.6. The van der Waals surface area contributed by atoms with Crippen LogP contribution >= 0.6 is 0 Å². The molecule has 0 bridgehead atoms. The van der Waals surface area contributed by atoms with Crippen LogP contribution in [-0.2, 0) is 16.1 Å². The van der Waals surface area contributed by atoms with E-state index in [-0.39, 0.29) is 18.1 Å². The molecule has 1 N–H and O–H groups in total. The molecule has 5 heteroatoms. The van der Waals surface area contributed by atoms with Crippen LogP contribution in [0, 0.1) is 0 Å². The lowest BCUT2D eigenvalue weighted by Gasteiger charge is -2.31. The molecule has 0 radical (unpaired) electrons. The van der Waals surface area contributed by atoms with Crippen LogP contribution in [0.15, 0.2) is 24.3 Å². The zero-order valence-electron chi connectivity index (χ0n) is 15.3. The lowest BCUT2D eigenvalue weighted by molar-refractivity contribution is -0.124. The molecule has 1 aromatic carbocycles. The van der Waals surface area contributed by atoms with Gasteiger partial charge in [0.2, 0.25) is 0 Å². The van der Waals surface area contributed by atoms with Crippen LogP contribution in [0.4, 0.5) is 0 Å². The third-order valence-corrected chi connectivity index (χ3v) is 4.01. The molecule has 0 saturated carbocycles. The number of piperidine rings is 1. The molecular formula is C19H30N2O3. The van der Waals surface area contributed by atoms with Crippen LogP contribution in [0.2, 0.25) is 0 Å². The minimum absolute atomic E-state index is 0.0399. The number of hydrogen-bond donors (Lipinski definition) is 1. The lowest BCUT2D eigenvalue weighted by atomic mass is 10.1. The van der Waals surface area contributed by atoms with Crippen molar-refractivity contribution in [3.8, 4) is 5.75 Å². The summed E-state index contributed by atoms with van der Waals surface area (Å²) >= 11 is 0. The first-order valence-electron chi connectivity index (χ1n) is 8.63. The molecule has 1 aliphatic heterocycles. The molecule has 24 heavy (non-hydrogen) atoms. The molecule has 5 nitrogen and oxygen atoms in total. The van der Waals surface area contributed by atoms with E-state index in [4.69, 9.17) is 9.47 Å². The third-order valence-electron chi connectivity index (χ3n) is 4.01. The molecule has 1 amide bonds. The second kappa shape index (κ2) is 8.49. The molecule has 0 aliphatic carbocycles. The van der Waals surface area contributed by atoms with Gasteiger partial charge in [0.05, 0.1) is 6.10 Å². The average molecular weight is 334 g/mol. The fourth-order valence-corrected chi connectivity index (χ4v) is 2.90. The number of carbonyl (C=O) groups excluding carboxylic acids is 1. The first-order valence-corrected chi connectivity index (χ1v) is 8.63. The van der Waals surface area contributed by atoms with E-state index in [1.54, 1.807) is 7.11 Å². The van der Waals surface area contributed by atoms with Crippen LogP contribution in [0.3, 0.4) is 0 Å². The fourth-order valence-electron chi connectivity index (χ4n) is 2.90. The molecule has 1 saturated heterocycles. The smallest absolute Gasteiger partial charge is 0.258 e. The van der Waals surface area contributed by atoms with Gasteiger partial charge in [0, 0.05) is 25.7 Å². The van der Waals surface area contributed by atoms with Gasteiger partial charge in [-0.3, -0.25) is 9.69 Å². The Morgan fingerprint density at radius 2 is 2.00 bits per heavy atom. The monoisotopic (exact) mass is 334 g/mol. The van der Waals surface area contributed by atoms with Crippen molar-refractivity contribution in [2.75, 3.05) is 26.8 Å². The quantitative estimate of drug-likeness (QED) is 0.869. The minimum Gasteiger partial charge on any atom is -0.484 e. The number of likely N-dealkylation sites (tertiary alicyclic amines) is 1. The Kier molecular flexibility index (Phi) is 6.63. The lowest BCUT2D eigenvalue weighted by Crippen LogP contribution is -2.43. The average Bonchev–Trinajstić information content (AvgIpc) is 2.53. The van der Waals surface area contributed by atoms with Crippen molar-refractivity contribution in [3.05, 3.63) is 29.8 Å². The molecule has 1 unspecified atom stereocenters. The van der Waals surface area contributed by atoms with Crippen molar-refractivity contribution >= 4 is 5.91 Å². The van der Waals surface area contributed by atoms with Crippen LogP contribution in [0.1, 0.15) is 39.2 Å². The third kappa shape index (κ3) is 6.49. The van der Waals surface area contributed by atoms with Crippen molar-refractivity contribution in [1.82, 2.24) is 10.2 Å².